The predicted octanol–water partition coefficient (Wildman–Crippen LogP) is 3.63. The third-order valence-electron chi connectivity index (χ3n) is 3.87. The van der Waals surface area contributed by atoms with Gasteiger partial charge < -0.3 is 9.47 Å². The maximum Gasteiger partial charge on any atom is 0.161 e. The second-order valence-corrected chi connectivity index (χ2v) is 5.25. The molecule has 2 heterocycles. The molecule has 2 aliphatic heterocycles. The zero-order valence-electron chi connectivity index (χ0n) is 28.6. The van der Waals surface area contributed by atoms with Gasteiger partial charge in [-0.05, 0) is 41.9 Å². The van der Waals surface area contributed by atoms with Crippen molar-refractivity contribution in [2.75, 3.05) is 27.2 Å². The number of hydrogen-bond donors (Lipinski definition) is 0. The average Bonchev–Trinajstić information content (AvgIpc) is 2.73. The van der Waals surface area contributed by atoms with E-state index in [2.05, 4.69) is 0 Å². The van der Waals surface area contributed by atoms with Crippen LogP contribution in [0.15, 0.2) is 12.1 Å². The van der Waals surface area contributed by atoms with Gasteiger partial charge in [0.1, 0.15) is 5.78 Å². The van der Waals surface area contributed by atoms with Gasteiger partial charge in [0, 0.05) is 50.5 Å². The molecule has 132 valence electrons. The van der Waals surface area contributed by atoms with Gasteiger partial charge in [0.15, 0.2) is 11.5 Å². The first kappa shape index (κ1) is 6.64. The fourth-order valence-corrected chi connectivity index (χ4v) is 2.61. The Kier molecular flexibility index (Phi) is 1.97. The van der Waals surface area contributed by atoms with E-state index in [0.29, 0.717) is 6.92 Å². The lowest BCUT2D eigenvalue weighted by Gasteiger charge is -2.43. The van der Waals surface area contributed by atoms with E-state index in [9.17, 15) is 6.17 Å². The van der Waals surface area contributed by atoms with Crippen LogP contribution in [0.2, 0.25) is 0 Å². The Hall–Kier alpha value is -1.55. The van der Waals surface area contributed by atoms with Crippen molar-refractivity contribution in [1.82, 2.24) is 4.90 Å². The highest BCUT2D eigenvalue weighted by atomic mass is 16.5. The number of methoxy groups -OCH3 is 2. The highest BCUT2D eigenvalue weighted by Crippen LogP contribution is 2.42. The molecule has 4 heteroatoms. The summed E-state index contributed by atoms with van der Waals surface area (Å²) >= 11 is 0. The summed E-state index contributed by atoms with van der Waals surface area (Å²) in [6.07, 6.45) is -11.2. The molecule has 2 aliphatic rings. The van der Waals surface area contributed by atoms with Crippen molar-refractivity contribution < 1.29 is 34.8 Å². The number of carbonyl (C=O) groups is 1. The van der Waals surface area contributed by atoms with Crippen molar-refractivity contribution >= 4 is 5.78 Å². The Balaban J connectivity index is 2.40. The van der Waals surface area contributed by atoms with E-state index in [1.54, 1.807) is 0 Å². The summed E-state index contributed by atoms with van der Waals surface area (Å²) in [5.41, 5.74) is -0.807. The van der Waals surface area contributed by atoms with E-state index in [0.717, 1.165) is 12.1 Å². The number of hydrogen-bond acceptors (Lipinski definition) is 4. The highest BCUT2D eigenvalue weighted by Gasteiger charge is 2.38. The molecule has 3 atom stereocenters. The number of Topliss-reactive ketones (excluding diaryl/α,β-unsaturated/α-hetero) is 1. The van der Waals surface area contributed by atoms with Crippen LogP contribution in [0, 0.1) is 11.8 Å². The molecule has 0 aromatic heterocycles. The number of aryl methyl sites for hydroxylation is 1. The summed E-state index contributed by atoms with van der Waals surface area (Å²) in [5, 5.41) is 0. The smallest absolute Gasteiger partial charge is 0.161 e. The van der Waals surface area contributed by atoms with Crippen LogP contribution in [-0.2, 0) is 11.2 Å². The fraction of sp³-hybridized carbons (Fsp3) is 0.650. The molecule has 0 saturated carbocycles. The quantitative estimate of drug-likeness (QED) is 0.816. The molecule has 0 bridgehead atoms. The van der Waals surface area contributed by atoms with Crippen LogP contribution in [0.25, 0.3) is 0 Å². The second kappa shape index (κ2) is 7.14. The molecule has 1 aromatic carbocycles. The standard InChI is InChI=1S/C20H29NO3/c1-5-13(2)8-15-12-21-7-6-14-9-19(23-3)20(24-4)10-16(14)17(21)11-18(15)22/h9-10,13,15,17H,5-8,11-12H2,1-4H3/i2D3,5D2,6D2,7D2,8D2,12D2,13D,17D. The van der Waals surface area contributed by atoms with E-state index < -0.39 is 74.6 Å². The van der Waals surface area contributed by atoms with E-state index in [-0.39, 0.29) is 22.0 Å². The maximum atomic E-state index is 13.6. The topological polar surface area (TPSA) is 38.8 Å². The zero-order valence-corrected chi connectivity index (χ0v) is 13.6. The minimum Gasteiger partial charge on any atom is -0.493 e. The van der Waals surface area contributed by atoms with Crippen molar-refractivity contribution in [3.63, 3.8) is 0 Å². The van der Waals surface area contributed by atoms with E-state index in [1.807, 2.05) is 0 Å². The molecule has 0 N–H and O–H groups in total. The number of benzene rings is 1. The van der Waals surface area contributed by atoms with Gasteiger partial charge in [0.2, 0.25) is 0 Å². The van der Waals surface area contributed by atoms with Gasteiger partial charge in [-0.3, -0.25) is 9.69 Å². The Bertz CT molecular complexity index is 1160. The van der Waals surface area contributed by atoms with Gasteiger partial charge in [-0.15, -0.1) is 0 Å². The number of ether oxygens (including phenoxy) is 2. The summed E-state index contributed by atoms with van der Waals surface area (Å²) in [7, 11) is 2.46. The SMILES string of the molecule is [2H]C12CC(=O)C(C([2H])([2H])C([2H])(C([2H])([2H])[2H])C([2H])([2H])C)C([2H])([2H])N1C([2H])([2H])C([2H])([2H])c1cc(OC)c(OC)cc12. The Labute approximate surface area is 166 Å². The molecule has 0 amide bonds. The van der Waals surface area contributed by atoms with Crippen molar-refractivity contribution in [2.24, 2.45) is 11.8 Å². The lowest BCUT2D eigenvalue weighted by atomic mass is 9.79. The number of carbonyl (C=O) groups excluding carboxylic acids is 1. The zero-order chi connectivity index (χ0) is 30.6. The van der Waals surface area contributed by atoms with Crippen LogP contribution in [0.5, 0.6) is 11.5 Å². The van der Waals surface area contributed by atoms with Crippen molar-refractivity contribution in [2.45, 2.75) is 45.3 Å². The molecule has 4 nitrogen and oxygen atoms in total. The molecule has 3 unspecified atom stereocenters. The summed E-state index contributed by atoms with van der Waals surface area (Å²) in [4.78, 5) is 13.6. The first-order valence-corrected chi connectivity index (χ1v) is 7.33. The van der Waals surface area contributed by atoms with Crippen molar-refractivity contribution in [3.05, 3.63) is 23.3 Å². The normalized spacial score (nSPS) is 46.5. The summed E-state index contributed by atoms with van der Waals surface area (Å²) in [5.74, 6) is -8.02. The Morgan fingerprint density at radius 2 is 2.25 bits per heavy atom. The van der Waals surface area contributed by atoms with Crippen LogP contribution < -0.4 is 9.47 Å². The van der Waals surface area contributed by atoms with Gasteiger partial charge in [0.05, 0.1) is 15.6 Å². The summed E-state index contributed by atoms with van der Waals surface area (Å²) in [6, 6.07) is -0.519. The first-order valence-electron chi connectivity index (χ1n) is 14.8. The van der Waals surface area contributed by atoms with Crippen LogP contribution >= 0.6 is 0 Å². The largest absolute Gasteiger partial charge is 0.493 e. The molecular formula is C20H29NO3. The van der Waals surface area contributed by atoms with Crippen molar-refractivity contribution in [1.29, 1.82) is 0 Å². The lowest BCUT2D eigenvalue weighted by Crippen LogP contribution is -2.46. The minimum atomic E-state index is -3.81. The van der Waals surface area contributed by atoms with Gasteiger partial charge in [-0.2, -0.15) is 0 Å². The van der Waals surface area contributed by atoms with Crippen LogP contribution in [-0.4, -0.2) is 37.9 Å². The first-order chi connectivity index (χ1) is 17.2. The summed E-state index contributed by atoms with van der Waals surface area (Å²) in [6.45, 7) is -10.2. The van der Waals surface area contributed by atoms with Crippen LogP contribution in [0.1, 0.15) is 70.6 Å². The molecule has 24 heavy (non-hydrogen) atoms. The molecule has 1 fully saturated rings. The van der Waals surface area contributed by atoms with Gasteiger partial charge >= 0.3 is 0 Å². The fourth-order valence-electron chi connectivity index (χ4n) is 2.61. The molecule has 0 radical (unpaired) electrons. The number of piperidine rings is 1. The molecule has 1 aromatic rings. The average molecular weight is 347 g/mol. The summed E-state index contributed by atoms with van der Waals surface area (Å²) < 4.78 is 137. The molecule has 1 saturated heterocycles. The van der Waals surface area contributed by atoms with Gasteiger partial charge in [-0.1, -0.05) is 20.1 Å². The number of rotatable bonds is 5. The molecular weight excluding hydrogens is 302 g/mol. The van der Waals surface area contributed by atoms with Gasteiger partial charge in [0.25, 0.3) is 0 Å². The number of nitrogens with zero attached hydrogens (tertiary/aromatic N) is 1. The highest BCUT2D eigenvalue weighted by molar-refractivity contribution is 5.83. The predicted molar refractivity (Wildman–Crippen MR) is 94.8 cm³/mol. The molecule has 0 aliphatic carbocycles. The monoisotopic (exact) mass is 346 g/mol. The Morgan fingerprint density at radius 3 is 2.92 bits per heavy atom. The maximum absolute atomic E-state index is 13.6. The second-order valence-electron chi connectivity index (χ2n) is 5.25. The van der Waals surface area contributed by atoms with Crippen molar-refractivity contribution in [3.8, 4) is 11.5 Å². The van der Waals surface area contributed by atoms with Crippen LogP contribution in [0.4, 0.5) is 0 Å². The minimum absolute atomic E-state index is 0.0332. The van der Waals surface area contributed by atoms with E-state index in [4.69, 9.17) is 28.7 Å². The number of ketones is 1. The lowest BCUT2D eigenvalue weighted by molar-refractivity contribution is -0.129. The van der Waals surface area contributed by atoms with Crippen LogP contribution in [0.3, 0.4) is 0 Å². The van der Waals surface area contributed by atoms with E-state index >= 15 is 0 Å². The van der Waals surface area contributed by atoms with E-state index in [1.165, 1.54) is 14.2 Å². The molecule has 3 rings (SSSR count). The Morgan fingerprint density at radius 1 is 1.50 bits per heavy atom. The number of fused-ring (bicyclic) bond motifs is 3. The molecule has 0 spiro atoms. The third-order valence-corrected chi connectivity index (χ3v) is 3.87. The van der Waals surface area contributed by atoms with Gasteiger partial charge in [-0.25, -0.2) is 0 Å². The third kappa shape index (κ3) is 3.16.